The Bertz CT molecular complexity index is 1080. The van der Waals surface area contributed by atoms with Crippen molar-refractivity contribution in [2.24, 2.45) is 5.92 Å². The van der Waals surface area contributed by atoms with Gasteiger partial charge in [0.05, 0.1) is 30.9 Å². The van der Waals surface area contributed by atoms with Gasteiger partial charge in [-0.15, -0.1) is 0 Å². The fourth-order valence-corrected chi connectivity index (χ4v) is 5.45. The van der Waals surface area contributed by atoms with Crippen LogP contribution in [0.5, 0.6) is 0 Å². The standard InChI is InChI=1S/C23H30N8O/c24-19-11-25-18(10-26-19)20-21-22(30(14-27-21)9-8-15-4-2-1-3-5-15)29-23(28-20)31-12-16-6-7-17(13-31)32-16/h10-11,14-17H,1-9,12-13H2,(H2,24,26). The number of rotatable bonds is 5. The quantitative estimate of drug-likeness (QED) is 0.652. The van der Waals surface area contributed by atoms with E-state index in [1.54, 1.807) is 12.4 Å². The normalized spacial score (nSPS) is 23.8. The molecule has 2 N–H and O–H groups in total. The summed E-state index contributed by atoms with van der Waals surface area (Å²) in [6.45, 7) is 2.58. The van der Waals surface area contributed by atoms with Crippen molar-refractivity contribution in [1.82, 2.24) is 29.5 Å². The molecule has 6 rings (SSSR count). The molecule has 2 saturated heterocycles. The number of aryl methyl sites for hydroxylation is 1. The Morgan fingerprint density at radius 3 is 2.50 bits per heavy atom. The van der Waals surface area contributed by atoms with Crippen molar-refractivity contribution in [2.45, 2.75) is 70.1 Å². The number of morpholine rings is 1. The van der Waals surface area contributed by atoms with Crippen molar-refractivity contribution in [3.63, 3.8) is 0 Å². The molecule has 1 saturated carbocycles. The maximum Gasteiger partial charge on any atom is 0.228 e. The molecule has 168 valence electrons. The largest absolute Gasteiger partial charge is 0.382 e. The Morgan fingerprint density at radius 2 is 1.75 bits per heavy atom. The highest BCUT2D eigenvalue weighted by Crippen LogP contribution is 2.32. The zero-order valence-electron chi connectivity index (χ0n) is 18.4. The summed E-state index contributed by atoms with van der Waals surface area (Å²) in [5, 5.41) is 0. The lowest BCUT2D eigenvalue weighted by Crippen LogP contribution is -2.43. The van der Waals surface area contributed by atoms with Gasteiger partial charge >= 0.3 is 0 Å². The molecule has 0 aromatic carbocycles. The second-order valence-electron chi connectivity index (χ2n) is 9.46. The monoisotopic (exact) mass is 434 g/mol. The van der Waals surface area contributed by atoms with Crippen LogP contribution in [0.15, 0.2) is 18.7 Å². The number of nitrogens with two attached hydrogens (primary N) is 1. The highest BCUT2D eigenvalue weighted by Gasteiger charge is 2.35. The third-order valence-corrected chi connectivity index (χ3v) is 7.20. The van der Waals surface area contributed by atoms with Gasteiger partial charge in [-0.1, -0.05) is 32.1 Å². The topological polar surface area (TPSA) is 108 Å². The minimum atomic E-state index is 0.268. The number of fused-ring (bicyclic) bond motifs is 3. The Kier molecular flexibility index (Phi) is 5.13. The summed E-state index contributed by atoms with van der Waals surface area (Å²) in [4.78, 5) is 25.6. The number of ether oxygens (including phenoxy) is 1. The van der Waals surface area contributed by atoms with Crippen LogP contribution in [-0.2, 0) is 11.3 Å². The number of nitrogen functional groups attached to an aromatic ring is 1. The molecule has 0 radical (unpaired) electrons. The summed E-state index contributed by atoms with van der Waals surface area (Å²) < 4.78 is 8.22. The molecule has 3 fully saturated rings. The molecule has 3 aromatic rings. The lowest BCUT2D eigenvalue weighted by molar-refractivity contribution is 0.0299. The van der Waals surface area contributed by atoms with Gasteiger partial charge in [-0.05, 0) is 25.2 Å². The van der Waals surface area contributed by atoms with Gasteiger partial charge in [-0.25, -0.2) is 19.9 Å². The van der Waals surface area contributed by atoms with Gasteiger partial charge in [0.1, 0.15) is 22.7 Å². The molecule has 0 amide bonds. The molecule has 2 bridgehead atoms. The van der Waals surface area contributed by atoms with E-state index in [-0.39, 0.29) is 12.2 Å². The van der Waals surface area contributed by atoms with E-state index in [2.05, 4.69) is 19.4 Å². The van der Waals surface area contributed by atoms with Gasteiger partial charge in [0.2, 0.25) is 5.95 Å². The van der Waals surface area contributed by atoms with Gasteiger partial charge in [-0.2, -0.15) is 4.98 Å². The van der Waals surface area contributed by atoms with Crippen molar-refractivity contribution in [2.75, 3.05) is 23.7 Å². The zero-order chi connectivity index (χ0) is 21.5. The van der Waals surface area contributed by atoms with Crippen molar-refractivity contribution >= 4 is 22.9 Å². The van der Waals surface area contributed by atoms with E-state index in [9.17, 15) is 0 Å². The van der Waals surface area contributed by atoms with Gasteiger partial charge in [0, 0.05) is 19.6 Å². The summed E-state index contributed by atoms with van der Waals surface area (Å²) in [6.07, 6.45) is 15.9. The van der Waals surface area contributed by atoms with Crippen LogP contribution in [0.3, 0.4) is 0 Å². The van der Waals surface area contributed by atoms with E-state index < -0.39 is 0 Å². The predicted molar refractivity (Wildman–Crippen MR) is 122 cm³/mol. The van der Waals surface area contributed by atoms with Crippen molar-refractivity contribution in [3.05, 3.63) is 18.7 Å². The summed E-state index contributed by atoms with van der Waals surface area (Å²) in [6, 6.07) is 0. The minimum Gasteiger partial charge on any atom is -0.382 e. The molecule has 5 heterocycles. The summed E-state index contributed by atoms with van der Waals surface area (Å²) in [5.74, 6) is 1.92. The SMILES string of the molecule is Nc1cnc(-c2nc(N3CC4CCC(C3)O4)nc3c2ncn3CCC2CCCCC2)cn1. The number of hydrogen-bond acceptors (Lipinski definition) is 8. The fraction of sp³-hybridized carbons (Fsp3) is 0.609. The Balaban J connectivity index is 1.37. The number of aromatic nitrogens is 6. The van der Waals surface area contributed by atoms with Gasteiger partial charge in [0.15, 0.2) is 5.65 Å². The Labute approximate surface area is 187 Å². The summed E-state index contributed by atoms with van der Waals surface area (Å²) >= 11 is 0. The number of anilines is 2. The smallest absolute Gasteiger partial charge is 0.228 e. The molecule has 2 aliphatic heterocycles. The van der Waals surface area contributed by atoms with E-state index in [0.717, 1.165) is 55.5 Å². The average Bonchev–Trinajstić information content (AvgIpc) is 3.40. The van der Waals surface area contributed by atoms with Crippen LogP contribution in [-0.4, -0.2) is 54.8 Å². The maximum absolute atomic E-state index is 6.03. The zero-order valence-corrected chi connectivity index (χ0v) is 18.4. The molecule has 3 aliphatic rings. The average molecular weight is 435 g/mol. The lowest BCUT2D eigenvalue weighted by atomic mass is 9.87. The van der Waals surface area contributed by atoms with E-state index in [0.29, 0.717) is 17.2 Å². The predicted octanol–water partition coefficient (Wildman–Crippen LogP) is 3.20. The van der Waals surface area contributed by atoms with E-state index in [1.165, 1.54) is 38.5 Å². The van der Waals surface area contributed by atoms with Crippen LogP contribution in [0.4, 0.5) is 11.8 Å². The van der Waals surface area contributed by atoms with Crippen LogP contribution >= 0.6 is 0 Å². The molecule has 1 aliphatic carbocycles. The third kappa shape index (κ3) is 3.79. The molecule has 9 heteroatoms. The first-order valence-corrected chi connectivity index (χ1v) is 11.9. The van der Waals surface area contributed by atoms with Crippen LogP contribution in [0.1, 0.15) is 51.4 Å². The lowest BCUT2D eigenvalue weighted by Gasteiger charge is -2.32. The molecular formula is C23H30N8O. The molecular weight excluding hydrogens is 404 g/mol. The Hall–Kier alpha value is -2.81. The van der Waals surface area contributed by atoms with Crippen molar-refractivity contribution in [1.29, 1.82) is 0 Å². The third-order valence-electron chi connectivity index (χ3n) is 7.20. The molecule has 2 unspecified atom stereocenters. The first-order valence-electron chi connectivity index (χ1n) is 11.9. The summed E-state index contributed by atoms with van der Waals surface area (Å²) in [7, 11) is 0. The van der Waals surface area contributed by atoms with Gasteiger partial charge in [-0.3, -0.25) is 0 Å². The highest BCUT2D eigenvalue weighted by atomic mass is 16.5. The van der Waals surface area contributed by atoms with E-state index >= 15 is 0 Å². The number of hydrogen-bond donors (Lipinski definition) is 1. The van der Waals surface area contributed by atoms with E-state index in [1.807, 2.05) is 6.33 Å². The van der Waals surface area contributed by atoms with Crippen molar-refractivity contribution < 1.29 is 4.74 Å². The molecule has 3 aromatic heterocycles. The van der Waals surface area contributed by atoms with Crippen LogP contribution < -0.4 is 10.6 Å². The van der Waals surface area contributed by atoms with Crippen LogP contribution in [0.2, 0.25) is 0 Å². The first kappa shape index (κ1) is 19.8. The van der Waals surface area contributed by atoms with Crippen molar-refractivity contribution in [3.8, 4) is 11.4 Å². The number of nitrogens with zero attached hydrogens (tertiary/aromatic N) is 7. The maximum atomic E-state index is 6.03. The first-order chi connectivity index (χ1) is 15.7. The molecule has 9 nitrogen and oxygen atoms in total. The highest BCUT2D eigenvalue weighted by molar-refractivity contribution is 5.87. The fourth-order valence-electron chi connectivity index (χ4n) is 5.45. The number of imidazole rings is 1. The van der Waals surface area contributed by atoms with E-state index in [4.69, 9.17) is 25.4 Å². The molecule has 0 spiro atoms. The minimum absolute atomic E-state index is 0.268. The molecule has 2 atom stereocenters. The van der Waals surface area contributed by atoms with Crippen LogP contribution in [0.25, 0.3) is 22.6 Å². The van der Waals surface area contributed by atoms with Gasteiger partial charge in [0.25, 0.3) is 0 Å². The van der Waals surface area contributed by atoms with Crippen LogP contribution in [0, 0.1) is 5.92 Å². The second kappa shape index (κ2) is 8.27. The van der Waals surface area contributed by atoms with Gasteiger partial charge < -0.3 is 19.9 Å². The summed E-state index contributed by atoms with van der Waals surface area (Å²) in [5.41, 5.74) is 8.80. The molecule has 32 heavy (non-hydrogen) atoms. The second-order valence-corrected chi connectivity index (χ2v) is 9.46. The Morgan fingerprint density at radius 1 is 0.938 bits per heavy atom.